The summed E-state index contributed by atoms with van der Waals surface area (Å²) in [5.41, 5.74) is 0.653. The van der Waals surface area contributed by atoms with Crippen LogP contribution in [0.15, 0.2) is 24.3 Å². The molecule has 0 saturated carbocycles. The lowest BCUT2D eigenvalue weighted by molar-refractivity contribution is 0.0921. The molecule has 18 heavy (non-hydrogen) atoms. The predicted octanol–water partition coefficient (Wildman–Crippen LogP) is 3.13. The second-order valence-electron chi connectivity index (χ2n) is 5.10. The van der Waals surface area contributed by atoms with Gasteiger partial charge in [0.15, 0.2) is 0 Å². The molecule has 4 heteroatoms. The number of benzene rings is 1. The van der Waals surface area contributed by atoms with E-state index in [1.807, 2.05) is 0 Å². The summed E-state index contributed by atoms with van der Waals surface area (Å²) in [5, 5.41) is 3.56. The number of halogens is 1. The number of carbonyl (C=O) groups excluding carboxylic acids is 1. The molecule has 0 heterocycles. The molecule has 1 aromatic rings. The minimum atomic E-state index is -0.0721. The normalized spacial score (nSPS) is 11.3. The van der Waals surface area contributed by atoms with E-state index in [4.69, 9.17) is 16.3 Å². The van der Waals surface area contributed by atoms with E-state index in [2.05, 4.69) is 19.2 Å². The Morgan fingerprint density at radius 2 is 1.94 bits per heavy atom. The summed E-state index contributed by atoms with van der Waals surface area (Å²) >= 11 is 5.78. The lowest BCUT2D eigenvalue weighted by Crippen LogP contribution is -2.34. The van der Waals surface area contributed by atoms with Crippen LogP contribution in [0.5, 0.6) is 0 Å². The van der Waals surface area contributed by atoms with Crippen molar-refractivity contribution in [3.63, 3.8) is 0 Å². The second-order valence-corrected chi connectivity index (χ2v) is 5.53. The highest BCUT2D eigenvalue weighted by molar-refractivity contribution is 6.30. The van der Waals surface area contributed by atoms with Crippen LogP contribution in [0.25, 0.3) is 0 Å². The monoisotopic (exact) mass is 269 g/mol. The number of nitrogens with one attached hydrogen (secondary N) is 1. The molecule has 0 saturated heterocycles. The van der Waals surface area contributed by atoms with E-state index in [-0.39, 0.29) is 11.3 Å². The van der Waals surface area contributed by atoms with Crippen LogP contribution in [0, 0.1) is 5.41 Å². The summed E-state index contributed by atoms with van der Waals surface area (Å²) in [7, 11) is 1.68. The average Bonchev–Trinajstić information content (AvgIpc) is 2.35. The van der Waals surface area contributed by atoms with Crippen LogP contribution in [0.3, 0.4) is 0 Å². The second kappa shape index (κ2) is 6.76. The number of hydrogen-bond donors (Lipinski definition) is 1. The Morgan fingerprint density at radius 1 is 1.33 bits per heavy atom. The first kappa shape index (κ1) is 15.0. The maximum absolute atomic E-state index is 11.9. The first-order chi connectivity index (χ1) is 8.44. The van der Waals surface area contributed by atoms with Crippen molar-refractivity contribution in [2.24, 2.45) is 5.41 Å². The minimum Gasteiger partial charge on any atom is -0.385 e. The van der Waals surface area contributed by atoms with Crippen LogP contribution in [-0.2, 0) is 4.74 Å². The van der Waals surface area contributed by atoms with Gasteiger partial charge in [0.2, 0.25) is 0 Å². The van der Waals surface area contributed by atoms with Crippen molar-refractivity contribution in [2.45, 2.75) is 20.3 Å². The molecule has 0 unspecified atom stereocenters. The largest absolute Gasteiger partial charge is 0.385 e. The molecule has 0 aliphatic carbocycles. The lowest BCUT2D eigenvalue weighted by atomic mass is 9.89. The van der Waals surface area contributed by atoms with E-state index in [0.717, 1.165) is 6.42 Å². The maximum atomic E-state index is 11.9. The summed E-state index contributed by atoms with van der Waals surface area (Å²) in [6.45, 7) is 5.53. The highest BCUT2D eigenvalue weighted by Crippen LogP contribution is 2.19. The van der Waals surface area contributed by atoms with Crippen LogP contribution in [0.2, 0.25) is 5.02 Å². The van der Waals surface area contributed by atoms with E-state index in [9.17, 15) is 4.79 Å². The fraction of sp³-hybridized carbons (Fsp3) is 0.500. The van der Waals surface area contributed by atoms with Crippen molar-refractivity contribution in [3.05, 3.63) is 34.9 Å². The van der Waals surface area contributed by atoms with Gasteiger partial charge in [-0.1, -0.05) is 25.4 Å². The third-order valence-corrected chi connectivity index (χ3v) is 3.07. The molecule has 0 aliphatic rings. The number of methoxy groups -OCH3 is 1. The number of ether oxygens (including phenoxy) is 1. The molecule has 0 fully saturated rings. The Labute approximate surface area is 113 Å². The highest BCUT2D eigenvalue weighted by atomic mass is 35.5. The van der Waals surface area contributed by atoms with Gasteiger partial charge in [-0.3, -0.25) is 4.79 Å². The standard InChI is InChI=1S/C14H20ClNO2/c1-14(2,8-9-18-3)10-16-13(17)11-4-6-12(15)7-5-11/h4-7H,8-10H2,1-3H3,(H,16,17). The topological polar surface area (TPSA) is 38.3 Å². The molecule has 1 N–H and O–H groups in total. The van der Waals surface area contributed by atoms with Crippen molar-refractivity contribution in [1.82, 2.24) is 5.32 Å². The summed E-state index contributed by atoms with van der Waals surface area (Å²) in [6, 6.07) is 6.87. The van der Waals surface area contributed by atoms with E-state index in [1.165, 1.54) is 0 Å². The Hall–Kier alpha value is -1.06. The molecule has 0 bridgehead atoms. The predicted molar refractivity (Wildman–Crippen MR) is 74.1 cm³/mol. The Morgan fingerprint density at radius 3 is 2.50 bits per heavy atom. The third-order valence-electron chi connectivity index (χ3n) is 2.82. The van der Waals surface area contributed by atoms with Crippen molar-refractivity contribution in [2.75, 3.05) is 20.3 Å². The van der Waals surface area contributed by atoms with Gasteiger partial charge in [0.1, 0.15) is 0 Å². The van der Waals surface area contributed by atoms with E-state index in [1.54, 1.807) is 31.4 Å². The summed E-state index contributed by atoms with van der Waals surface area (Å²) in [6.07, 6.45) is 0.907. The summed E-state index contributed by atoms with van der Waals surface area (Å²) < 4.78 is 5.05. The smallest absolute Gasteiger partial charge is 0.251 e. The number of hydrogen-bond acceptors (Lipinski definition) is 2. The fourth-order valence-corrected chi connectivity index (χ4v) is 1.62. The van der Waals surface area contributed by atoms with Crippen molar-refractivity contribution in [1.29, 1.82) is 0 Å². The van der Waals surface area contributed by atoms with Crippen molar-refractivity contribution >= 4 is 17.5 Å². The molecule has 100 valence electrons. The zero-order valence-electron chi connectivity index (χ0n) is 11.1. The minimum absolute atomic E-state index is 0.0259. The fourth-order valence-electron chi connectivity index (χ4n) is 1.49. The number of rotatable bonds is 6. The van der Waals surface area contributed by atoms with Gasteiger partial charge in [0.05, 0.1) is 0 Å². The molecule has 0 radical (unpaired) electrons. The van der Waals surface area contributed by atoms with Crippen molar-refractivity contribution in [3.8, 4) is 0 Å². The van der Waals surface area contributed by atoms with E-state index >= 15 is 0 Å². The molecule has 0 spiro atoms. The Bertz CT molecular complexity index is 387. The van der Waals surface area contributed by atoms with Crippen LogP contribution in [0.4, 0.5) is 0 Å². The van der Waals surface area contributed by atoms with E-state index in [0.29, 0.717) is 23.7 Å². The quantitative estimate of drug-likeness (QED) is 0.862. The molecule has 0 aromatic heterocycles. The molecular weight excluding hydrogens is 250 g/mol. The number of carbonyl (C=O) groups is 1. The molecule has 1 rings (SSSR count). The van der Waals surface area contributed by atoms with Crippen LogP contribution in [0.1, 0.15) is 30.6 Å². The Balaban J connectivity index is 2.48. The average molecular weight is 270 g/mol. The van der Waals surface area contributed by atoms with E-state index < -0.39 is 0 Å². The molecule has 0 aliphatic heterocycles. The lowest BCUT2D eigenvalue weighted by Gasteiger charge is -2.24. The zero-order valence-corrected chi connectivity index (χ0v) is 11.9. The molecule has 3 nitrogen and oxygen atoms in total. The first-order valence-electron chi connectivity index (χ1n) is 5.97. The van der Waals surface area contributed by atoms with Gasteiger partial charge in [-0.25, -0.2) is 0 Å². The van der Waals surface area contributed by atoms with Crippen LogP contribution in [-0.4, -0.2) is 26.2 Å². The van der Waals surface area contributed by atoms with Gasteiger partial charge in [-0.2, -0.15) is 0 Å². The molecular formula is C14H20ClNO2. The maximum Gasteiger partial charge on any atom is 0.251 e. The van der Waals surface area contributed by atoms with Gasteiger partial charge in [0.25, 0.3) is 5.91 Å². The van der Waals surface area contributed by atoms with Gasteiger partial charge in [0, 0.05) is 30.8 Å². The highest BCUT2D eigenvalue weighted by Gasteiger charge is 2.18. The summed E-state index contributed by atoms with van der Waals surface area (Å²) in [4.78, 5) is 11.9. The van der Waals surface area contributed by atoms with Gasteiger partial charge in [-0.15, -0.1) is 0 Å². The van der Waals surface area contributed by atoms with Gasteiger partial charge in [-0.05, 0) is 36.1 Å². The van der Waals surface area contributed by atoms with Gasteiger partial charge < -0.3 is 10.1 Å². The SMILES string of the molecule is COCCC(C)(C)CNC(=O)c1ccc(Cl)cc1. The van der Waals surface area contributed by atoms with Crippen LogP contribution >= 0.6 is 11.6 Å². The molecule has 1 aromatic carbocycles. The molecule has 0 atom stereocenters. The molecule has 1 amide bonds. The third kappa shape index (κ3) is 5.07. The van der Waals surface area contributed by atoms with Crippen molar-refractivity contribution < 1.29 is 9.53 Å². The zero-order chi connectivity index (χ0) is 13.6. The van der Waals surface area contributed by atoms with Crippen LogP contribution < -0.4 is 5.32 Å². The Kier molecular flexibility index (Phi) is 5.63. The number of amides is 1. The van der Waals surface area contributed by atoms with Gasteiger partial charge >= 0.3 is 0 Å². The first-order valence-corrected chi connectivity index (χ1v) is 6.35. The summed E-state index contributed by atoms with van der Waals surface area (Å²) in [5.74, 6) is -0.0721.